The number of hydrogen-bond donors (Lipinski definition) is 1. The fourth-order valence-electron chi connectivity index (χ4n) is 3.28. The molecule has 3 rings (SSSR count). The first-order valence-corrected chi connectivity index (χ1v) is 9.20. The zero-order valence-electron chi connectivity index (χ0n) is 12.8. The van der Waals surface area contributed by atoms with Crippen LogP contribution in [-0.2, 0) is 9.84 Å². The molecule has 0 aromatic carbocycles. The molecule has 1 N–H and O–H groups in total. The van der Waals surface area contributed by atoms with Crippen molar-refractivity contribution >= 4 is 28.1 Å². The standard InChI is InChI=1S/C14H22N4O2S.ClH/c1-2-21(19,20)13-10-16-12(9-17-13)18-8-5-14(11-18)3-6-15-7-4-14;/h9-10,15H,2-8,11H2,1H3;1H. The molecule has 0 atom stereocenters. The fraction of sp³-hybridized carbons (Fsp3) is 0.714. The molecule has 6 nitrogen and oxygen atoms in total. The van der Waals surface area contributed by atoms with Crippen LogP contribution in [0.5, 0.6) is 0 Å². The highest BCUT2D eigenvalue weighted by Crippen LogP contribution is 2.39. The minimum atomic E-state index is -3.27. The molecule has 1 aromatic rings. The van der Waals surface area contributed by atoms with Gasteiger partial charge in [-0.2, -0.15) is 0 Å². The normalized spacial score (nSPS) is 20.9. The maximum atomic E-state index is 11.8. The molecule has 2 fully saturated rings. The van der Waals surface area contributed by atoms with E-state index in [2.05, 4.69) is 20.2 Å². The minimum absolute atomic E-state index is 0. The summed E-state index contributed by atoms with van der Waals surface area (Å²) in [6.07, 6.45) is 6.59. The molecule has 3 heterocycles. The summed E-state index contributed by atoms with van der Waals surface area (Å²) in [5.41, 5.74) is 0.404. The van der Waals surface area contributed by atoms with Crippen molar-refractivity contribution in [3.05, 3.63) is 12.4 Å². The van der Waals surface area contributed by atoms with E-state index in [1.165, 1.54) is 25.5 Å². The molecule has 1 aromatic heterocycles. The monoisotopic (exact) mass is 346 g/mol. The molecule has 0 unspecified atom stereocenters. The minimum Gasteiger partial charge on any atom is -0.355 e. The number of nitrogens with one attached hydrogen (secondary N) is 1. The lowest BCUT2D eigenvalue weighted by molar-refractivity contribution is 0.232. The summed E-state index contributed by atoms with van der Waals surface area (Å²) in [5.74, 6) is 0.848. The highest BCUT2D eigenvalue weighted by Gasteiger charge is 2.39. The molecule has 22 heavy (non-hydrogen) atoms. The molecule has 0 saturated carbocycles. The van der Waals surface area contributed by atoms with Gasteiger partial charge in [-0.25, -0.2) is 18.4 Å². The molecule has 8 heteroatoms. The van der Waals surface area contributed by atoms with Gasteiger partial charge in [0, 0.05) is 13.1 Å². The van der Waals surface area contributed by atoms with E-state index in [4.69, 9.17) is 0 Å². The van der Waals surface area contributed by atoms with Crippen LogP contribution in [0.4, 0.5) is 5.82 Å². The van der Waals surface area contributed by atoms with Crippen molar-refractivity contribution in [3.8, 4) is 0 Å². The van der Waals surface area contributed by atoms with Crippen molar-refractivity contribution in [2.24, 2.45) is 5.41 Å². The predicted molar refractivity (Wildman–Crippen MR) is 88.4 cm³/mol. The summed E-state index contributed by atoms with van der Waals surface area (Å²) in [6.45, 7) is 5.78. The summed E-state index contributed by atoms with van der Waals surface area (Å²) in [7, 11) is -3.27. The highest BCUT2D eigenvalue weighted by atomic mass is 35.5. The Labute approximate surface area is 138 Å². The number of hydrogen-bond acceptors (Lipinski definition) is 6. The van der Waals surface area contributed by atoms with Crippen molar-refractivity contribution in [2.75, 3.05) is 36.8 Å². The van der Waals surface area contributed by atoms with Gasteiger partial charge in [0.15, 0.2) is 14.9 Å². The van der Waals surface area contributed by atoms with E-state index >= 15 is 0 Å². The van der Waals surface area contributed by atoms with Crippen molar-refractivity contribution in [1.82, 2.24) is 15.3 Å². The lowest BCUT2D eigenvalue weighted by Crippen LogP contribution is -2.38. The first-order valence-electron chi connectivity index (χ1n) is 7.55. The summed E-state index contributed by atoms with van der Waals surface area (Å²) in [6, 6.07) is 0. The highest BCUT2D eigenvalue weighted by molar-refractivity contribution is 7.91. The van der Waals surface area contributed by atoms with Gasteiger partial charge in [-0.15, -0.1) is 12.4 Å². The van der Waals surface area contributed by atoms with Crippen molar-refractivity contribution in [3.63, 3.8) is 0 Å². The number of nitrogens with zero attached hydrogens (tertiary/aromatic N) is 3. The summed E-state index contributed by atoms with van der Waals surface area (Å²) < 4.78 is 23.5. The molecule has 0 bridgehead atoms. The Morgan fingerprint density at radius 2 is 1.95 bits per heavy atom. The largest absolute Gasteiger partial charge is 0.355 e. The molecule has 0 aliphatic carbocycles. The van der Waals surface area contributed by atoms with Crippen LogP contribution in [0.2, 0.25) is 0 Å². The summed E-state index contributed by atoms with van der Waals surface area (Å²) in [4.78, 5) is 10.7. The molecule has 2 aliphatic rings. The van der Waals surface area contributed by atoms with Crippen LogP contribution < -0.4 is 10.2 Å². The topological polar surface area (TPSA) is 75.2 Å². The van der Waals surface area contributed by atoms with Gasteiger partial charge in [0.2, 0.25) is 0 Å². The Kier molecular flexibility index (Phi) is 5.29. The van der Waals surface area contributed by atoms with E-state index in [1.807, 2.05) is 0 Å². The number of anilines is 1. The third-order valence-electron chi connectivity index (χ3n) is 4.74. The van der Waals surface area contributed by atoms with E-state index in [0.29, 0.717) is 5.41 Å². The average molecular weight is 347 g/mol. The Morgan fingerprint density at radius 1 is 1.23 bits per heavy atom. The third kappa shape index (κ3) is 3.36. The first-order chi connectivity index (χ1) is 10.0. The number of piperidine rings is 1. The average Bonchev–Trinajstić information content (AvgIpc) is 2.92. The van der Waals surface area contributed by atoms with Crippen LogP contribution in [0.25, 0.3) is 0 Å². The number of sulfone groups is 1. The second-order valence-corrected chi connectivity index (χ2v) is 8.26. The third-order valence-corrected chi connectivity index (χ3v) is 6.35. The van der Waals surface area contributed by atoms with Gasteiger partial charge in [0.25, 0.3) is 0 Å². The van der Waals surface area contributed by atoms with E-state index in [-0.39, 0.29) is 23.2 Å². The molecule has 2 aliphatic heterocycles. The molecule has 0 amide bonds. The summed E-state index contributed by atoms with van der Waals surface area (Å²) in [5, 5.41) is 3.48. The molecule has 124 valence electrons. The zero-order chi connectivity index (χ0) is 14.9. The van der Waals surface area contributed by atoms with Crippen LogP contribution >= 0.6 is 12.4 Å². The molecule has 2 saturated heterocycles. The van der Waals surface area contributed by atoms with Gasteiger partial charge in [-0.3, -0.25) is 0 Å². The predicted octanol–water partition coefficient (Wildman–Crippen LogP) is 1.27. The van der Waals surface area contributed by atoms with Gasteiger partial charge in [-0.05, 0) is 37.8 Å². The summed E-state index contributed by atoms with van der Waals surface area (Å²) >= 11 is 0. The van der Waals surface area contributed by atoms with Gasteiger partial charge < -0.3 is 10.2 Å². The van der Waals surface area contributed by atoms with Gasteiger partial charge in [0.05, 0.1) is 18.1 Å². The Hall–Kier alpha value is -0.920. The first kappa shape index (κ1) is 17.4. The van der Waals surface area contributed by atoms with Crippen LogP contribution in [0, 0.1) is 5.41 Å². The van der Waals surface area contributed by atoms with Crippen LogP contribution in [0.15, 0.2) is 17.4 Å². The lowest BCUT2D eigenvalue weighted by Gasteiger charge is -2.33. The molecule has 1 spiro atoms. The Bertz CT molecular complexity index is 600. The van der Waals surface area contributed by atoms with Gasteiger partial charge in [0.1, 0.15) is 5.82 Å². The van der Waals surface area contributed by atoms with E-state index < -0.39 is 9.84 Å². The number of halogens is 1. The van der Waals surface area contributed by atoms with Crippen LogP contribution in [0.1, 0.15) is 26.2 Å². The fourth-order valence-corrected chi connectivity index (χ4v) is 4.00. The maximum absolute atomic E-state index is 11.8. The van der Waals surface area contributed by atoms with E-state index in [1.54, 1.807) is 13.1 Å². The second-order valence-electron chi connectivity index (χ2n) is 6.04. The van der Waals surface area contributed by atoms with Crippen molar-refractivity contribution in [1.29, 1.82) is 0 Å². The molecular weight excluding hydrogens is 324 g/mol. The van der Waals surface area contributed by atoms with Gasteiger partial charge >= 0.3 is 0 Å². The van der Waals surface area contributed by atoms with Gasteiger partial charge in [-0.1, -0.05) is 6.92 Å². The van der Waals surface area contributed by atoms with Crippen molar-refractivity contribution in [2.45, 2.75) is 31.2 Å². The lowest BCUT2D eigenvalue weighted by atomic mass is 9.78. The second kappa shape index (κ2) is 6.68. The molecular formula is C14H23ClN4O2S. The number of aromatic nitrogens is 2. The smallest absolute Gasteiger partial charge is 0.196 e. The van der Waals surface area contributed by atoms with E-state index in [9.17, 15) is 8.42 Å². The van der Waals surface area contributed by atoms with E-state index in [0.717, 1.165) is 32.0 Å². The maximum Gasteiger partial charge on any atom is 0.196 e. The Balaban J connectivity index is 0.00000176. The Morgan fingerprint density at radius 3 is 2.55 bits per heavy atom. The number of rotatable bonds is 3. The zero-order valence-corrected chi connectivity index (χ0v) is 14.4. The van der Waals surface area contributed by atoms with Crippen molar-refractivity contribution < 1.29 is 8.42 Å². The quantitative estimate of drug-likeness (QED) is 0.888. The van der Waals surface area contributed by atoms with Crippen LogP contribution in [0.3, 0.4) is 0 Å². The van der Waals surface area contributed by atoms with Crippen LogP contribution in [-0.4, -0.2) is 50.3 Å². The SMILES string of the molecule is CCS(=O)(=O)c1cnc(N2CCC3(CCNCC3)C2)cn1.Cl. The molecule has 0 radical (unpaired) electrons.